The van der Waals surface area contributed by atoms with Crippen LogP contribution in [0, 0.1) is 17.2 Å². The molecule has 8 heteroatoms. The SMILES string of the molecule is CC1CCN(C(CNC(=O)c2ccc(S(=O)(=O)NCCC#N)cc2)c2ccccc2)CC1. The number of amides is 1. The van der Waals surface area contributed by atoms with Gasteiger partial charge in [0.15, 0.2) is 0 Å². The van der Waals surface area contributed by atoms with Gasteiger partial charge in [-0.1, -0.05) is 37.3 Å². The van der Waals surface area contributed by atoms with E-state index < -0.39 is 10.0 Å². The second-order valence-corrected chi connectivity index (χ2v) is 9.95. The molecular weight excluding hydrogens is 424 g/mol. The van der Waals surface area contributed by atoms with Gasteiger partial charge in [0.2, 0.25) is 10.0 Å². The largest absolute Gasteiger partial charge is 0.350 e. The highest BCUT2D eigenvalue weighted by atomic mass is 32.2. The molecule has 0 spiro atoms. The first kappa shape index (κ1) is 23.9. The van der Waals surface area contributed by atoms with Crippen molar-refractivity contribution in [2.75, 3.05) is 26.2 Å². The Balaban J connectivity index is 1.65. The van der Waals surface area contributed by atoms with E-state index in [9.17, 15) is 13.2 Å². The number of carbonyl (C=O) groups excluding carboxylic acids is 1. The Kier molecular flexibility index (Phi) is 8.39. The van der Waals surface area contributed by atoms with Crippen LogP contribution in [-0.2, 0) is 10.0 Å². The predicted octanol–water partition coefficient (Wildman–Crippen LogP) is 3.08. The van der Waals surface area contributed by atoms with Gasteiger partial charge in [0.05, 0.1) is 17.0 Å². The van der Waals surface area contributed by atoms with Crippen molar-refractivity contribution in [2.45, 2.75) is 37.1 Å². The second-order valence-electron chi connectivity index (χ2n) is 8.19. The summed E-state index contributed by atoms with van der Waals surface area (Å²) in [7, 11) is -3.70. The normalized spacial score (nSPS) is 16.2. The van der Waals surface area contributed by atoms with Crippen LogP contribution in [-0.4, -0.2) is 45.4 Å². The van der Waals surface area contributed by atoms with E-state index in [2.05, 4.69) is 34.0 Å². The van der Waals surface area contributed by atoms with Crippen LogP contribution in [0.1, 0.15) is 48.1 Å². The van der Waals surface area contributed by atoms with E-state index >= 15 is 0 Å². The average molecular weight is 455 g/mol. The summed E-state index contributed by atoms with van der Waals surface area (Å²) >= 11 is 0. The van der Waals surface area contributed by atoms with Gasteiger partial charge in [0, 0.05) is 25.1 Å². The Hall–Kier alpha value is -2.73. The van der Waals surface area contributed by atoms with Crippen LogP contribution in [0.2, 0.25) is 0 Å². The molecule has 1 saturated heterocycles. The summed E-state index contributed by atoms with van der Waals surface area (Å²) in [6, 6.07) is 18.0. The van der Waals surface area contributed by atoms with E-state index in [1.54, 1.807) is 0 Å². The lowest BCUT2D eigenvalue weighted by molar-refractivity contribution is 0.0913. The number of piperidine rings is 1. The van der Waals surface area contributed by atoms with Crippen molar-refractivity contribution in [1.29, 1.82) is 5.26 Å². The zero-order chi connectivity index (χ0) is 23.0. The summed E-state index contributed by atoms with van der Waals surface area (Å²) in [5, 5.41) is 11.6. The fourth-order valence-corrected chi connectivity index (χ4v) is 4.91. The second kappa shape index (κ2) is 11.2. The first-order chi connectivity index (χ1) is 15.4. The van der Waals surface area contributed by atoms with E-state index in [0.29, 0.717) is 12.1 Å². The Morgan fingerprint density at radius 3 is 2.41 bits per heavy atom. The van der Waals surface area contributed by atoms with Crippen LogP contribution in [0.15, 0.2) is 59.5 Å². The maximum atomic E-state index is 12.8. The van der Waals surface area contributed by atoms with Crippen molar-refractivity contribution >= 4 is 15.9 Å². The summed E-state index contributed by atoms with van der Waals surface area (Å²) < 4.78 is 26.8. The van der Waals surface area contributed by atoms with Crippen molar-refractivity contribution in [3.8, 4) is 6.07 Å². The third kappa shape index (κ3) is 6.39. The minimum Gasteiger partial charge on any atom is -0.350 e. The molecule has 1 amide bonds. The van der Waals surface area contributed by atoms with Gasteiger partial charge >= 0.3 is 0 Å². The van der Waals surface area contributed by atoms with Crippen molar-refractivity contribution in [3.63, 3.8) is 0 Å². The molecule has 1 fully saturated rings. The molecule has 32 heavy (non-hydrogen) atoms. The minimum absolute atomic E-state index is 0.0528. The summed E-state index contributed by atoms with van der Waals surface area (Å²) in [4.78, 5) is 15.3. The van der Waals surface area contributed by atoms with Crippen LogP contribution < -0.4 is 10.0 Å². The number of sulfonamides is 1. The maximum absolute atomic E-state index is 12.8. The van der Waals surface area contributed by atoms with E-state index in [0.717, 1.165) is 31.8 Å². The lowest BCUT2D eigenvalue weighted by atomic mass is 9.95. The fourth-order valence-electron chi connectivity index (χ4n) is 3.87. The molecule has 1 aliphatic rings. The Morgan fingerprint density at radius 2 is 1.78 bits per heavy atom. The van der Waals surface area contributed by atoms with E-state index in [-0.39, 0.29) is 29.8 Å². The number of benzene rings is 2. The zero-order valence-electron chi connectivity index (χ0n) is 18.3. The molecule has 0 radical (unpaired) electrons. The average Bonchev–Trinajstić information content (AvgIpc) is 2.81. The van der Waals surface area contributed by atoms with Crippen molar-refractivity contribution in [3.05, 3.63) is 65.7 Å². The zero-order valence-corrected chi connectivity index (χ0v) is 19.1. The van der Waals surface area contributed by atoms with Gasteiger partial charge < -0.3 is 5.32 Å². The molecule has 0 bridgehead atoms. The maximum Gasteiger partial charge on any atom is 0.251 e. The molecule has 2 aromatic carbocycles. The molecule has 2 aromatic rings. The third-order valence-corrected chi connectivity index (χ3v) is 7.33. The molecule has 1 unspecified atom stereocenters. The monoisotopic (exact) mass is 454 g/mol. The Bertz CT molecular complexity index is 1030. The minimum atomic E-state index is -3.70. The highest BCUT2D eigenvalue weighted by Crippen LogP contribution is 2.26. The van der Waals surface area contributed by atoms with Crippen molar-refractivity contribution in [1.82, 2.24) is 14.9 Å². The van der Waals surface area contributed by atoms with Crippen LogP contribution in [0.25, 0.3) is 0 Å². The lowest BCUT2D eigenvalue weighted by Gasteiger charge is -2.37. The van der Waals surface area contributed by atoms with Gasteiger partial charge in [-0.3, -0.25) is 9.69 Å². The number of nitriles is 1. The molecule has 0 saturated carbocycles. The molecule has 3 rings (SSSR count). The Morgan fingerprint density at radius 1 is 1.12 bits per heavy atom. The highest BCUT2D eigenvalue weighted by molar-refractivity contribution is 7.89. The van der Waals surface area contributed by atoms with Crippen molar-refractivity contribution < 1.29 is 13.2 Å². The quantitative estimate of drug-likeness (QED) is 0.567. The molecule has 0 aliphatic carbocycles. The number of carbonyl (C=O) groups is 1. The summed E-state index contributed by atoms with van der Waals surface area (Å²) in [6.45, 7) is 4.81. The first-order valence-electron chi connectivity index (χ1n) is 10.9. The van der Waals surface area contributed by atoms with Gasteiger partial charge in [-0.2, -0.15) is 5.26 Å². The van der Waals surface area contributed by atoms with E-state index in [4.69, 9.17) is 5.26 Å². The van der Waals surface area contributed by atoms with Crippen LogP contribution in [0.5, 0.6) is 0 Å². The molecule has 1 aliphatic heterocycles. The van der Waals surface area contributed by atoms with Crippen LogP contribution in [0.3, 0.4) is 0 Å². The van der Waals surface area contributed by atoms with Crippen LogP contribution in [0.4, 0.5) is 0 Å². The van der Waals surface area contributed by atoms with Gasteiger partial charge in [-0.05, 0) is 61.7 Å². The number of hydrogen-bond donors (Lipinski definition) is 2. The first-order valence-corrected chi connectivity index (χ1v) is 12.4. The molecular formula is C24H30N4O3S. The number of nitrogens with zero attached hydrogens (tertiary/aromatic N) is 2. The smallest absolute Gasteiger partial charge is 0.251 e. The molecule has 1 heterocycles. The summed E-state index contributed by atoms with van der Waals surface area (Å²) in [5.41, 5.74) is 1.58. The predicted molar refractivity (Wildman–Crippen MR) is 123 cm³/mol. The summed E-state index contributed by atoms with van der Waals surface area (Å²) in [5.74, 6) is 0.485. The van der Waals surface area contributed by atoms with Gasteiger partial charge in [0.25, 0.3) is 5.91 Å². The van der Waals surface area contributed by atoms with Gasteiger partial charge in [-0.25, -0.2) is 13.1 Å². The van der Waals surface area contributed by atoms with Gasteiger partial charge in [0.1, 0.15) is 0 Å². The molecule has 1 atom stereocenters. The topological polar surface area (TPSA) is 102 Å². The van der Waals surface area contributed by atoms with Crippen LogP contribution >= 0.6 is 0 Å². The number of likely N-dealkylation sites (tertiary alicyclic amines) is 1. The van der Waals surface area contributed by atoms with E-state index in [1.807, 2.05) is 24.3 Å². The summed E-state index contributed by atoms with van der Waals surface area (Å²) in [6.07, 6.45) is 2.39. The Labute approximate surface area is 190 Å². The highest BCUT2D eigenvalue weighted by Gasteiger charge is 2.25. The van der Waals surface area contributed by atoms with E-state index in [1.165, 1.54) is 29.8 Å². The lowest BCUT2D eigenvalue weighted by Crippen LogP contribution is -2.42. The number of hydrogen-bond acceptors (Lipinski definition) is 5. The molecule has 170 valence electrons. The fraction of sp³-hybridized carbons (Fsp3) is 0.417. The molecule has 0 aromatic heterocycles. The number of rotatable bonds is 9. The standard InChI is InChI=1S/C24H30N4O3S/c1-19-12-16-28(17-13-19)23(20-6-3-2-4-7-20)18-26-24(29)21-8-10-22(11-9-21)32(30,31)27-15-5-14-25/h2-4,6-11,19,23,27H,5,12-13,15-18H2,1H3,(H,26,29). The third-order valence-electron chi connectivity index (χ3n) is 5.86. The molecule has 2 N–H and O–H groups in total. The number of nitrogens with one attached hydrogen (secondary N) is 2. The molecule has 7 nitrogen and oxygen atoms in total. The van der Waals surface area contributed by atoms with Crippen molar-refractivity contribution in [2.24, 2.45) is 5.92 Å². The van der Waals surface area contributed by atoms with Gasteiger partial charge in [-0.15, -0.1) is 0 Å².